The fourth-order valence-electron chi connectivity index (χ4n) is 2.20. The number of hydrogen-bond acceptors (Lipinski definition) is 3. The van der Waals surface area contributed by atoms with E-state index in [9.17, 15) is 0 Å². The predicted molar refractivity (Wildman–Crippen MR) is 63.2 cm³/mol. The molecule has 0 N–H and O–H groups in total. The van der Waals surface area contributed by atoms with Crippen molar-refractivity contribution >= 4 is 10.9 Å². The first-order valence-electron chi connectivity index (χ1n) is 5.47. The molecule has 0 aliphatic carbocycles. The molecule has 1 aliphatic rings. The molecule has 82 valence electrons. The van der Waals surface area contributed by atoms with E-state index in [1.807, 2.05) is 22.9 Å². The lowest BCUT2D eigenvalue weighted by atomic mass is 10.2. The molecule has 0 spiro atoms. The summed E-state index contributed by atoms with van der Waals surface area (Å²) in [4.78, 5) is 4.08. The van der Waals surface area contributed by atoms with Crippen molar-refractivity contribution in [2.45, 2.75) is 6.61 Å². The number of benzene rings is 1. The maximum Gasteiger partial charge on any atom is 0.225 e. The molecule has 0 saturated carbocycles. The van der Waals surface area contributed by atoms with E-state index in [1.165, 1.54) is 0 Å². The zero-order valence-electron chi connectivity index (χ0n) is 9.00. The van der Waals surface area contributed by atoms with Gasteiger partial charge in [0.1, 0.15) is 12.1 Å². The number of nitrogens with zero attached hydrogens (tertiary/aromatic N) is 3. The fraction of sp³-hybridized carbons (Fsp3) is 0.0769. The van der Waals surface area contributed by atoms with Crippen LogP contribution in [0.15, 0.2) is 42.7 Å². The molecule has 1 aliphatic heterocycles. The minimum absolute atomic E-state index is 0.597. The van der Waals surface area contributed by atoms with Crippen LogP contribution in [0.2, 0.25) is 0 Å². The second kappa shape index (κ2) is 3.07. The summed E-state index contributed by atoms with van der Waals surface area (Å²) in [6, 6.07) is 10.1. The molecule has 0 amide bonds. The monoisotopic (exact) mass is 223 g/mol. The standard InChI is InChI=1S/C13H9N3O/c1-2-4-12-9(3-1)8-17-13-10-5-6-14-7-11(10)15-16(12)13/h1-7H,8H2. The van der Waals surface area contributed by atoms with Gasteiger partial charge in [-0.1, -0.05) is 18.2 Å². The molecule has 0 atom stereocenters. The van der Waals surface area contributed by atoms with E-state index in [-0.39, 0.29) is 0 Å². The van der Waals surface area contributed by atoms with E-state index in [4.69, 9.17) is 4.74 Å². The normalized spacial score (nSPS) is 12.9. The van der Waals surface area contributed by atoms with Crippen LogP contribution in [0.4, 0.5) is 0 Å². The Kier molecular flexibility index (Phi) is 1.58. The SMILES string of the molecule is c1ccc2c(c1)COc1c3ccncc3nn1-2. The van der Waals surface area contributed by atoms with Gasteiger partial charge in [0.2, 0.25) is 5.88 Å². The van der Waals surface area contributed by atoms with Crippen LogP contribution in [0.1, 0.15) is 5.56 Å². The molecule has 3 heterocycles. The van der Waals surface area contributed by atoms with Crippen LogP contribution < -0.4 is 4.74 Å². The van der Waals surface area contributed by atoms with Crippen molar-refractivity contribution in [1.29, 1.82) is 0 Å². The third-order valence-electron chi connectivity index (χ3n) is 3.01. The van der Waals surface area contributed by atoms with Gasteiger partial charge in [-0.15, -0.1) is 0 Å². The minimum Gasteiger partial charge on any atom is -0.472 e. The third-order valence-corrected chi connectivity index (χ3v) is 3.01. The summed E-state index contributed by atoms with van der Waals surface area (Å²) >= 11 is 0. The van der Waals surface area contributed by atoms with E-state index in [0.29, 0.717) is 6.61 Å². The molecule has 0 saturated heterocycles. The van der Waals surface area contributed by atoms with Crippen LogP contribution >= 0.6 is 0 Å². The van der Waals surface area contributed by atoms with Gasteiger partial charge < -0.3 is 4.74 Å². The second-order valence-electron chi connectivity index (χ2n) is 4.03. The summed E-state index contributed by atoms with van der Waals surface area (Å²) in [6.07, 6.45) is 3.52. The molecule has 4 nitrogen and oxygen atoms in total. The largest absolute Gasteiger partial charge is 0.472 e. The molecular weight excluding hydrogens is 214 g/mol. The zero-order chi connectivity index (χ0) is 11.2. The molecule has 3 aromatic rings. The maximum absolute atomic E-state index is 5.78. The molecule has 0 radical (unpaired) electrons. The van der Waals surface area contributed by atoms with E-state index in [0.717, 1.165) is 28.0 Å². The van der Waals surface area contributed by atoms with Crippen molar-refractivity contribution in [3.05, 3.63) is 48.3 Å². The number of hydrogen-bond donors (Lipinski definition) is 0. The Morgan fingerprint density at radius 1 is 1.18 bits per heavy atom. The fourth-order valence-corrected chi connectivity index (χ4v) is 2.20. The molecule has 0 fully saturated rings. The van der Waals surface area contributed by atoms with Crippen LogP contribution in [0.3, 0.4) is 0 Å². The summed E-state index contributed by atoms with van der Waals surface area (Å²) in [5.41, 5.74) is 3.10. The first-order chi connectivity index (χ1) is 8.43. The molecule has 0 bridgehead atoms. The van der Waals surface area contributed by atoms with Crippen molar-refractivity contribution < 1.29 is 4.74 Å². The Morgan fingerprint density at radius 3 is 3.12 bits per heavy atom. The highest BCUT2D eigenvalue weighted by Gasteiger charge is 2.20. The molecule has 17 heavy (non-hydrogen) atoms. The minimum atomic E-state index is 0.597. The summed E-state index contributed by atoms with van der Waals surface area (Å²) in [6.45, 7) is 0.597. The van der Waals surface area contributed by atoms with E-state index < -0.39 is 0 Å². The summed E-state index contributed by atoms with van der Waals surface area (Å²) in [7, 11) is 0. The third kappa shape index (κ3) is 1.12. The molecule has 0 unspecified atom stereocenters. The van der Waals surface area contributed by atoms with Gasteiger partial charge in [-0.2, -0.15) is 9.78 Å². The topological polar surface area (TPSA) is 39.9 Å². The van der Waals surface area contributed by atoms with Gasteiger partial charge in [-0.25, -0.2) is 0 Å². The Balaban J connectivity index is 2.10. The smallest absolute Gasteiger partial charge is 0.225 e. The highest BCUT2D eigenvalue weighted by atomic mass is 16.5. The number of pyridine rings is 1. The van der Waals surface area contributed by atoms with Crippen molar-refractivity contribution in [2.24, 2.45) is 0 Å². The van der Waals surface area contributed by atoms with Crippen molar-refractivity contribution in [2.75, 3.05) is 0 Å². The average Bonchev–Trinajstić information content (AvgIpc) is 2.78. The van der Waals surface area contributed by atoms with Crippen LogP contribution in [0.25, 0.3) is 16.6 Å². The first kappa shape index (κ1) is 8.75. The number of aromatic nitrogens is 3. The Hall–Kier alpha value is -2.36. The molecule has 1 aromatic carbocycles. The van der Waals surface area contributed by atoms with Crippen LogP contribution in [-0.4, -0.2) is 14.8 Å². The van der Waals surface area contributed by atoms with Gasteiger partial charge in [0.15, 0.2) is 0 Å². The average molecular weight is 223 g/mol. The van der Waals surface area contributed by atoms with E-state index in [1.54, 1.807) is 12.4 Å². The molecule has 4 rings (SSSR count). The molecule has 4 heteroatoms. The van der Waals surface area contributed by atoms with E-state index >= 15 is 0 Å². The van der Waals surface area contributed by atoms with Gasteiger partial charge in [0.25, 0.3) is 0 Å². The van der Waals surface area contributed by atoms with Crippen LogP contribution in [0.5, 0.6) is 5.88 Å². The number of rotatable bonds is 0. The van der Waals surface area contributed by atoms with Gasteiger partial charge in [0.05, 0.1) is 17.3 Å². The van der Waals surface area contributed by atoms with Gasteiger partial charge >= 0.3 is 0 Å². The Morgan fingerprint density at radius 2 is 2.12 bits per heavy atom. The highest BCUT2D eigenvalue weighted by Crippen LogP contribution is 2.33. The van der Waals surface area contributed by atoms with Crippen LogP contribution in [-0.2, 0) is 6.61 Å². The number of fused-ring (bicyclic) bond motifs is 5. The van der Waals surface area contributed by atoms with Gasteiger partial charge in [-0.3, -0.25) is 4.98 Å². The summed E-state index contributed by atoms with van der Waals surface area (Å²) < 4.78 is 7.63. The van der Waals surface area contributed by atoms with Gasteiger partial charge in [0, 0.05) is 11.8 Å². The molecule has 2 aromatic heterocycles. The number of para-hydroxylation sites is 1. The summed E-state index contributed by atoms with van der Waals surface area (Å²) in [5, 5.41) is 5.53. The second-order valence-corrected chi connectivity index (χ2v) is 4.03. The van der Waals surface area contributed by atoms with Gasteiger partial charge in [-0.05, 0) is 12.1 Å². The van der Waals surface area contributed by atoms with Crippen molar-refractivity contribution in [3.63, 3.8) is 0 Å². The van der Waals surface area contributed by atoms with Crippen molar-refractivity contribution in [3.8, 4) is 11.6 Å². The Labute approximate surface area is 97.5 Å². The Bertz CT molecular complexity index is 718. The molecular formula is C13H9N3O. The van der Waals surface area contributed by atoms with Crippen molar-refractivity contribution in [1.82, 2.24) is 14.8 Å². The number of ether oxygens (including phenoxy) is 1. The predicted octanol–water partition coefficient (Wildman–Crippen LogP) is 2.31. The zero-order valence-corrected chi connectivity index (χ0v) is 9.00. The quantitative estimate of drug-likeness (QED) is 0.587. The lowest BCUT2D eigenvalue weighted by Crippen LogP contribution is -2.12. The highest BCUT2D eigenvalue weighted by molar-refractivity contribution is 5.84. The lowest BCUT2D eigenvalue weighted by Gasteiger charge is -2.18. The summed E-state index contributed by atoms with van der Waals surface area (Å²) in [5.74, 6) is 0.807. The first-order valence-corrected chi connectivity index (χ1v) is 5.47. The van der Waals surface area contributed by atoms with E-state index in [2.05, 4.69) is 22.2 Å². The van der Waals surface area contributed by atoms with Crippen LogP contribution in [0, 0.1) is 0 Å². The maximum atomic E-state index is 5.78. The lowest BCUT2D eigenvalue weighted by molar-refractivity contribution is 0.274.